The number of hydrogen-bond donors (Lipinski definition) is 7. The Kier molecular flexibility index (Phi) is 11.2. The molecule has 66 heavy (non-hydrogen) atoms. The maximum Gasteiger partial charge on any atom is 0.294 e. The van der Waals surface area contributed by atoms with E-state index in [1.807, 2.05) is 18.2 Å². The topological polar surface area (TPSA) is 285 Å². The van der Waals surface area contributed by atoms with Gasteiger partial charge in [-0.3, -0.25) is 23.3 Å². The Morgan fingerprint density at radius 2 is 0.742 bits per heavy atom. The molecule has 9 rings (SSSR count). The first-order valence-electron chi connectivity index (χ1n) is 19.6. The molecule has 332 valence electrons. The molecule has 7 aromatic rings. The highest BCUT2D eigenvalue weighted by molar-refractivity contribution is 7.86. The first-order chi connectivity index (χ1) is 31.4. The van der Waals surface area contributed by atoms with E-state index < -0.39 is 36.3 Å². The van der Waals surface area contributed by atoms with Crippen LogP contribution in [-0.2, 0) is 40.0 Å². The second-order valence-electron chi connectivity index (χ2n) is 14.9. The van der Waals surface area contributed by atoms with Gasteiger partial charge in [-0.2, -0.15) is 25.3 Å². The van der Waals surface area contributed by atoms with Crippen molar-refractivity contribution in [3.8, 4) is 44.5 Å². The standard InChI is InChI=1S/C46H34N6O11S3/c47-63-25-42(53)48-30-9-1-26(2-10-30)43-34-17-19-36(49-34)44(27-3-11-31(12-4-27)64(54,55)56)38-21-23-40(51-38)46(29-7-15-33(16-8-29)66(60,61)62)41-24-22-39(52-41)45(37-20-18-35(43)50-37)28-5-13-32(14-6-28)65(57,58)59/h1-24,49,52H,25,47H2,(H,48,53)(H,54,55,56)(H,57,58,59)(H,60,61,62). The predicted molar refractivity (Wildman–Crippen MR) is 249 cm³/mol. The predicted octanol–water partition coefficient (Wildman–Crippen LogP) is 7.89. The SMILES string of the molecule is NOCC(=O)Nc1ccc(-c2c3nc(c(-c4ccc(S(=O)(=O)O)cc4)c4ccc([nH]4)c(-c4ccc(S(=O)(=O)O)cc4)c4nc(c(-c5ccc(S(=O)(=O)O)cc5)c5ccc2[nH]5)C=C4)C=C3)cc1. The molecule has 2 aliphatic heterocycles. The van der Waals surface area contributed by atoms with Gasteiger partial charge in [0.1, 0.15) is 6.61 Å². The monoisotopic (exact) mass is 942 g/mol. The van der Waals surface area contributed by atoms with Crippen LogP contribution in [0.3, 0.4) is 0 Å². The molecular weight excluding hydrogens is 909 g/mol. The summed E-state index contributed by atoms with van der Waals surface area (Å²) in [5.41, 5.74) is 8.90. The van der Waals surface area contributed by atoms with Gasteiger partial charge in [0.25, 0.3) is 36.3 Å². The van der Waals surface area contributed by atoms with E-state index in [-0.39, 0.29) is 21.3 Å². The van der Waals surface area contributed by atoms with Gasteiger partial charge in [-0.25, -0.2) is 15.9 Å². The molecule has 20 heteroatoms. The molecule has 3 aromatic heterocycles. The maximum absolute atomic E-state index is 12.3. The minimum Gasteiger partial charge on any atom is -0.354 e. The molecule has 8 bridgehead atoms. The maximum atomic E-state index is 12.3. The van der Waals surface area contributed by atoms with Crippen LogP contribution < -0.4 is 11.2 Å². The van der Waals surface area contributed by atoms with Gasteiger partial charge in [0.05, 0.1) is 37.5 Å². The average molecular weight is 943 g/mol. The molecule has 0 spiro atoms. The van der Waals surface area contributed by atoms with Gasteiger partial charge in [0.15, 0.2) is 0 Å². The zero-order valence-electron chi connectivity index (χ0n) is 33.9. The Morgan fingerprint density at radius 1 is 0.470 bits per heavy atom. The van der Waals surface area contributed by atoms with E-state index >= 15 is 0 Å². The Hall–Kier alpha value is -7.40. The summed E-state index contributed by atoms with van der Waals surface area (Å²) >= 11 is 0. The van der Waals surface area contributed by atoms with Crippen LogP contribution in [0.1, 0.15) is 22.8 Å². The van der Waals surface area contributed by atoms with Gasteiger partial charge in [-0.15, -0.1) is 0 Å². The van der Waals surface area contributed by atoms with Crippen LogP contribution in [0.15, 0.2) is 136 Å². The lowest BCUT2D eigenvalue weighted by Gasteiger charge is -2.08. The van der Waals surface area contributed by atoms with Gasteiger partial charge in [-0.1, -0.05) is 48.5 Å². The number of aromatic amines is 2. The Bertz CT molecular complexity index is 3630. The van der Waals surface area contributed by atoms with Crippen molar-refractivity contribution in [3.05, 3.63) is 144 Å². The number of aromatic nitrogens is 4. The van der Waals surface area contributed by atoms with E-state index in [1.54, 1.807) is 78.9 Å². The average Bonchev–Trinajstić information content (AvgIpc) is 4.12. The third-order valence-corrected chi connectivity index (χ3v) is 13.4. The first-order valence-corrected chi connectivity index (χ1v) is 23.9. The molecule has 0 radical (unpaired) electrons. The summed E-state index contributed by atoms with van der Waals surface area (Å²) in [7, 11) is -13.6. The third-order valence-electron chi connectivity index (χ3n) is 10.7. The molecule has 0 saturated carbocycles. The molecule has 8 N–H and O–H groups in total. The molecule has 0 unspecified atom stereocenters. The van der Waals surface area contributed by atoms with Gasteiger partial charge < -0.3 is 15.3 Å². The summed E-state index contributed by atoms with van der Waals surface area (Å²) in [6, 6.07) is 31.1. The number of hydrogen-bond acceptors (Lipinski definition) is 11. The lowest BCUT2D eigenvalue weighted by Crippen LogP contribution is -2.20. The molecule has 0 saturated heterocycles. The highest BCUT2D eigenvalue weighted by Gasteiger charge is 2.21. The Balaban J connectivity index is 1.40. The second-order valence-corrected chi connectivity index (χ2v) is 19.2. The number of fused-ring (bicyclic) bond motifs is 8. The normalized spacial score (nSPS) is 12.7. The van der Waals surface area contributed by atoms with Crippen molar-refractivity contribution in [1.29, 1.82) is 0 Å². The smallest absolute Gasteiger partial charge is 0.294 e. The van der Waals surface area contributed by atoms with Crippen LogP contribution in [-0.4, -0.2) is 71.4 Å². The van der Waals surface area contributed by atoms with Crippen LogP contribution in [0.2, 0.25) is 0 Å². The molecule has 5 heterocycles. The van der Waals surface area contributed by atoms with Crippen LogP contribution >= 0.6 is 0 Å². The van der Waals surface area contributed by atoms with Crippen molar-refractivity contribution in [1.82, 2.24) is 19.9 Å². The van der Waals surface area contributed by atoms with Crippen molar-refractivity contribution in [2.24, 2.45) is 5.90 Å². The van der Waals surface area contributed by atoms with Crippen molar-refractivity contribution in [3.63, 3.8) is 0 Å². The highest BCUT2D eigenvalue weighted by Crippen LogP contribution is 2.39. The molecule has 2 aliphatic rings. The quantitative estimate of drug-likeness (QED) is 0.0507. The van der Waals surface area contributed by atoms with E-state index in [4.69, 9.17) is 15.9 Å². The summed E-state index contributed by atoms with van der Waals surface area (Å²) in [5, 5.41) is 2.72. The summed E-state index contributed by atoms with van der Waals surface area (Å²) in [5.74, 6) is 4.62. The van der Waals surface area contributed by atoms with Crippen LogP contribution in [0.4, 0.5) is 5.69 Å². The molecular formula is C46H34N6O11S3. The van der Waals surface area contributed by atoms with Crippen molar-refractivity contribution >= 4 is 88.3 Å². The fraction of sp³-hybridized carbons (Fsp3) is 0.0217. The lowest BCUT2D eigenvalue weighted by atomic mass is 10.0. The number of nitrogens with one attached hydrogen (secondary N) is 3. The molecule has 0 aliphatic carbocycles. The summed E-state index contributed by atoms with van der Waals surface area (Å²) in [4.78, 5) is 33.0. The lowest BCUT2D eigenvalue weighted by molar-refractivity contribution is -0.120. The van der Waals surface area contributed by atoms with E-state index in [0.717, 1.165) is 0 Å². The van der Waals surface area contributed by atoms with Gasteiger partial charge in [0, 0.05) is 50.0 Å². The minimum absolute atomic E-state index is 0.315. The summed E-state index contributed by atoms with van der Waals surface area (Å²) < 4.78 is 102. The summed E-state index contributed by atoms with van der Waals surface area (Å²) in [6.07, 6.45) is 7.13. The highest BCUT2D eigenvalue weighted by atomic mass is 32.2. The zero-order chi connectivity index (χ0) is 46.5. The number of nitrogens with zero attached hydrogens (tertiary/aromatic N) is 2. The van der Waals surface area contributed by atoms with E-state index in [9.17, 15) is 43.7 Å². The number of benzene rings is 4. The van der Waals surface area contributed by atoms with Crippen molar-refractivity contribution in [2.45, 2.75) is 14.7 Å². The fourth-order valence-electron chi connectivity index (χ4n) is 7.79. The summed E-state index contributed by atoms with van der Waals surface area (Å²) in [6.45, 7) is -0.356. The zero-order valence-corrected chi connectivity index (χ0v) is 36.3. The number of amides is 1. The Labute approximate surface area is 376 Å². The molecule has 0 atom stereocenters. The number of carbonyl (C=O) groups is 1. The van der Waals surface area contributed by atoms with E-state index in [0.29, 0.717) is 95.0 Å². The third kappa shape index (κ3) is 8.73. The number of nitrogens with two attached hydrogens (primary N) is 1. The van der Waals surface area contributed by atoms with Gasteiger partial charge in [-0.05, 0) is 119 Å². The number of anilines is 1. The van der Waals surface area contributed by atoms with E-state index in [1.165, 1.54) is 48.5 Å². The van der Waals surface area contributed by atoms with E-state index in [2.05, 4.69) is 20.1 Å². The molecule has 17 nitrogen and oxygen atoms in total. The number of H-pyrrole nitrogens is 2. The first kappa shape index (κ1) is 43.8. The van der Waals surface area contributed by atoms with Crippen molar-refractivity contribution in [2.75, 3.05) is 11.9 Å². The van der Waals surface area contributed by atoms with Gasteiger partial charge >= 0.3 is 0 Å². The van der Waals surface area contributed by atoms with Crippen LogP contribution in [0, 0.1) is 0 Å². The Morgan fingerprint density at radius 3 is 1.00 bits per heavy atom. The van der Waals surface area contributed by atoms with Crippen LogP contribution in [0.25, 0.3) is 90.9 Å². The molecule has 1 amide bonds. The number of carbonyl (C=O) groups excluding carboxylic acids is 1. The second kappa shape index (κ2) is 16.9. The van der Waals surface area contributed by atoms with Gasteiger partial charge in [0.2, 0.25) is 0 Å². The largest absolute Gasteiger partial charge is 0.354 e. The van der Waals surface area contributed by atoms with Crippen LogP contribution in [0.5, 0.6) is 0 Å². The molecule has 4 aromatic carbocycles. The molecule has 0 fully saturated rings. The minimum atomic E-state index is -4.54. The number of rotatable bonds is 10. The van der Waals surface area contributed by atoms with Crippen molar-refractivity contribution < 1.29 is 48.5 Å². The fourth-order valence-corrected chi connectivity index (χ4v) is 9.23.